The number of nitrogens with zero attached hydrogens (tertiary/aromatic N) is 1. The highest BCUT2D eigenvalue weighted by Gasteiger charge is 2.36. The molecule has 0 radical (unpaired) electrons. The fourth-order valence-corrected chi connectivity index (χ4v) is 1.74. The third kappa shape index (κ3) is 5.00. The van der Waals surface area contributed by atoms with E-state index in [0.29, 0.717) is 11.6 Å². The summed E-state index contributed by atoms with van der Waals surface area (Å²) in [5, 5.41) is 2.53. The van der Waals surface area contributed by atoms with Crippen LogP contribution in [0.25, 0.3) is 0 Å². The highest BCUT2D eigenvalue weighted by atomic mass is 19.4. The van der Waals surface area contributed by atoms with Crippen LogP contribution in [0.1, 0.15) is 11.3 Å². The van der Waals surface area contributed by atoms with Crippen molar-refractivity contribution in [1.82, 2.24) is 4.98 Å². The minimum atomic E-state index is -4.93. The highest BCUT2D eigenvalue weighted by molar-refractivity contribution is 5.38. The van der Waals surface area contributed by atoms with Gasteiger partial charge >= 0.3 is 12.5 Å². The number of anilines is 1. The summed E-state index contributed by atoms with van der Waals surface area (Å²) in [7, 11) is 0. The van der Waals surface area contributed by atoms with Crippen LogP contribution in [-0.2, 0) is 12.7 Å². The molecule has 0 amide bonds. The average molecular weight is 354 g/mol. The number of hydrogen-bond acceptors (Lipinski definition) is 3. The van der Waals surface area contributed by atoms with Gasteiger partial charge in [-0.1, -0.05) is 12.1 Å². The summed E-state index contributed by atoms with van der Waals surface area (Å²) in [6.45, 7) is -0.0256. The smallest absolute Gasteiger partial charge is 0.406 e. The van der Waals surface area contributed by atoms with Crippen molar-refractivity contribution in [3.05, 3.63) is 53.5 Å². The minimum absolute atomic E-state index is 0.0256. The van der Waals surface area contributed by atoms with Crippen molar-refractivity contribution in [2.24, 2.45) is 0 Å². The summed E-state index contributed by atoms with van der Waals surface area (Å²) in [5.74, 6) is -2.15. The first kappa shape index (κ1) is 17.8. The van der Waals surface area contributed by atoms with Crippen molar-refractivity contribution in [2.75, 3.05) is 5.32 Å². The standard InChI is InChI=1S/C14H9F7N2O/c15-10-5-6-11(23-12(10)13(16,17)18)22-7-8-1-3-9(4-2-8)24-14(19,20)21/h1-6H,7H2,(H,22,23). The Bertz CT molecular complexity index is 696. The zero-order valence-electron chi connectivity index (χ0n) is 11.7. The van der Waals surface area contributed by atoms with Crippen LogP contribution in [0.3, 0.4) is 0 Å². The summed E-state index contributed by atoms with van der Waals surface area (Å²) >= 11 is 0. The average Bonchev–Trinajstić information content (AvgIpc) is 2.45. The molecule has 24 heavy (non-hydrogen) atoms. The molecule has 0 atom stereocenters. The number of hydrogen-bond donors (Lipinski definition) is 1. The van der Waals surface area contributed by atoms with Gasteiger partial charge in [0.05, 0.1) is 0 Å². The van der Waals surface area contributed by atoms with E-state index in [-0.39, 0.29) is 12.4 Å². The van der Waals surface area contributed by atoms with Crippen molar-refractivity contribution in [3.63, 3.8) is 0 Å². The number of pyridine rings is 1. The van der Waals surface area contributed by atoms with Crippen LogP contribution in [0.15, 0.2) is 36.4 Å². The van der Waals surface area contributed by atoms with Crippen LogP contribution in [0.4, 0.5) is 36.6 Å². The van der Waals surface area contributed by atoms with Gasteiger partial charge in [0.15, 0.2) is 11.5 Å². The molecule has 130 valence electrons. The zero-order valence-corrected chi connectivity index (χ0v) is 11.7. The van der Waals surface area contributed by atoms with E-state index in [1.807, 2.05) is 0 Å². The van der Waals surface area contributed by atoms with Gasteiger partial charge in [-0.15, -0.1) is 13.2 Å². The van der Waals surface area contributed by atoms with E-state index in [1.165, 1.54) is 12.1 Å². The Morgan fingerprint density at radius 1 is 0.917 bits per heavy atom. The van der Waals surface area contributed by atoms with Crippen LogP contribution in [0.2, 0.25) is 0 Å². The van der Waals surface area contributed by atoms with Crippen LogP contribution in [-0.4, -0.2) is 11.3 Å². The van der Waals surface area contributed by atoms with E-state index >= 15 is 0 Å². The van der Waals surface area contributed by atoms with Crippen LogP contribution in [0.5, 0.6) is 5.75 Å². The maximum Gasteiger partial charge on any atom is 0.573 e. The largest absolute Gasteiger partial charge is 0.573 e. The predicted octanol–water partition coefficient (Wildman–Crippen LogP) is 4.75. The molecule has 3 nitrogen and oxygen atoms in total. The molecule has 0 unspecified atom stereocenters. The summed E-state index contributed by atoms with van der Waals surface area (Å²) in [6, 6.07) is 6.35. The van der Waals surface area contributed by atoms with E-state index in [0.717, 1.165) is 18.2 Å². The van der Waals surface area contributed by atoms with Crippen molar-refractivity contribution < 1.29 is 35.5 Å². The normalized spacial score (nSPS) is 12.1. The van der Waals surface area contributed by atoms with Gasteiger partial charge < -0.3 is 10.1 Å². The molecule has 0 aliphatic rings. The maximum atomic E-state index is 13.1. The first-order valence-electron chi connectivity index (χ1n) is 6.37. The summed E-state index contributed by atoms with van der Waals surface area (Å²) in [5.41, 5.74) is -1.19. The Hall–Kier alpha value is -2.52. The molecule has 1 aromatic carbocycles. The number of benzene rings is 1. The summed E-state index contributed by atoms with van der Waals surface area (Å²) < 4.78 is 90.4. The molecule has 1 aromatic heterocycles. The Balaban J connectivity index is 2.03. The lowest BCUT2D eigenvalue weighted by atomic mass is 10.2. The predicted molar refractivity (Wildman–Crippen MR) is 69.6 cm³/mol. The minimum Gasteiger partial charge on any atom is -0.406 e. The van der Waals surface area contributed by atoms with E-state index in [4.69, 9.17) is 0 Å². The van der Waals surface area contributed by atoms with Crippen molar-refractivity contribution in [3.8, 4) is 5.75 Å². The van der Waals surface area contributed by atoms with Gasteiger partial charge in [-0.25, -0.2) is 9.37 Å². The lowest BCUT2D eigenvalue weighted by Crippen LogP contribution is -2.17. The monoisotopic (exact) mass is 354 g/mol. The Morgan fingerprint density at radius 2 is 1.54 bits per heavy atom. The lowest BCUT2D eigenvalue weighted by molar-refractivity contribution is -0.274. The molecule has 1 heterocycles. The number of ether oxygens (including phenoxy) is 1. The fraction of sp³-hybridized carbons (Fsp3) is 0.214. The molecular formula is C14H9F7N2O. The van der Waals surface area contributed by atoms with Crippen LogP contribution < -0.4 is 10.1 Å². The number of halogens is 7. The van der Waals surface area contributed by atoms with E-state index in [2.05, 4.69) is 15.0 Å². The van der Waals surface area contributed by atoms with Crippen molar-refractivity contribution in [2.45, 2.75) is 19.1 Å². The number of nitrogens with one attached hydrogen (secondary N) is 1. The van der Waals surface area contributed by atoms with Gasteiger partial charge in [0.1, 0.15) is 11.6 Å². The zero-order chi connectivity index (χ0) is 18.0. The second-order valence-electron chi connectivity index (χ2n) is 4.57. The number of alkyl halides is 6. The highest BCUT2D eigenvalue weighted by Crippen LogP contribution is 2.30. The fourth-order valence-electron chi connectivity index (χ4n) is 1.74. The second-order valence-corrected chi connectivity index (χ2v) is 4.57. The molecule has 10 heteroatoms. The first-order valence-corrected chi connectivity index (χ1v) is 6.37. The number of aromatic nitrogens is 1. The Morgan fingerprint density at radius 3 is 2.08 bits per heavy atom. The van der Waals surface area contributed by atoms with Gasteiger partial charge in [-0.2, -0.15) is 13.2 Å². The van der Waals surface area contributed by atoms with Gasteiger partial charge in [0, 0.05) is 6.54 Å². The van der Waals surface area contributed by atoms with E-state index in [9.17, 15) is 30.7 Å². The van der Waals surface area contributed by atoms with Crippen LogP contribution in [0, 0.1) is 5.82 Å². The number of rotatable bonds is 4. The molecule has 0 fully saturated rings. The Kier molecular flexibility index (Phi) is 4.86. The third-order valence-corrected chi connectivity index (χ3v) is 2.75. The molecule has 0 spiro atoms. The molecule has 0 saturated carbocycles. The van der Waals surface area contributed by atoms with Gasteiger partial charge in [0.25, 0.3) is 0 Å². The molecule has 0 aliphatic heterocycles. The molecule has 0 bridgehead atoms. The van der Waals surface area contributed by atoms with Gasteiger partial charge in [-0.05, 0) is 29.8 Å². The molecule has 1 N–H and O–H groups in total. The maximum absolute atomic E-state index is 13.1. The molecule has 0 saturated heterocycles. The van der Waals surface area contributed by atoms with Crippen LogP contribution >= 0.6 is 0 Å². The molecule has 2 rings (SSSR count). The van der Waals surface area contributed by atoms with Gasteiger partial charge in [0.2, 0.25) is 0 Å². The van der Waals surface area contributed by atoms with E-state index in [1.54, 1.807) is 0 Å². The molecule has 0 aliphatic carbocycles. The molecule has 2 aromatic rings. The second kappa shape index (κ2) is 6.54. The van der Waals surface area contributed by atoms with Gasteiger partial charge in [-0.3, -0.25) is 0 Å². The van der Waals surface area contributed by atoms with Crippen molar-refractivity contribution >= 4 is 5.82 Å². The first-order chi connectivity index (χ1) is 11.0. The topological polar surface area (TPSA) is 34.1 Å². The summed E-state index contributed by atoms with van der Waals surface area (Å²) in [4.78, 5) is 3.14. The Labute approximate surface area is 131 Å². The van der Waals surface area contributed by atoms with Crippen molar-refractivity contribution in [1.29, 1.82) is 0 Å². The van der Waals surface area contributed by atoms with E-state index < -0.39 is 29.8 Å². The third-order valence-electron chi connectivity index (χ3n) is 2.75. The molecular weight excluding hydrogens is 345 g/mol. The lowest BCUT2D eigenvalue weighted by Gasteiger charge is -2.11. The quantitative estimate of drug-likeness (QED) is 0.805. The SMILES string of the molecule is Fc1ccc(NCc2ccc(OC(F)(F)F)cc2)nc1C(F)(F)F. The summed E-state index contributed by atoms with van der Waals surface area (Å²) in [6.07, 6.45) is -9.75.